The molecule has 0 aromatic heterocycles. The molecule has 1 aliphatic rings. The number of hydrogen-bond donors (Lipinski definition) is 0. The fraction of sp³-hybridized carbons (Fsp3) is 0.533. The zero-order chi connectivity index (χ0) is 15.8. The van der Waals surface area contributed by atoms with E-state index in [9.17, 15) is 18.0 Å². The number of ether oxygens (including phenoxy) is 1. The molecular formula is C15H18F3NO2. The van der Waals surface area contributed by atoms with Crippen LogP contribution in [0.3, 0.4) is 0 Å². The Morgan fingerprint density at radius 2 is 1.90 bits per heavy atom. The Labute approximate surface area is 121 Å². The number of likely N-dealkylation sites (tertiary alicyclic amines) is 1. The third-order valence-electron chi connectivity index (χ3n) is 3.30. The maximum atomic E-state index is 13.9. The second-order valence-corrected chi connectivity index (χ2v) is 6.10. The lowest BCUT2D eigenvalue weighted by Gasteiger charge is -2.29. The average Bonchev–Trinajstić information content (AvgIpc) is 2.83. The van der Waals surface area contributed by atoms with E-state index in [-0.39, 0.29) is 5.56 Å². The molecule has 0 N–H and O–H groups in total. The molecule has 2 rings (SSSR count). The van der Waals surface area contributed by atoms with Gasteiger partial charge in [-0.2, -0.15) is 0 Å². The molecule has 0 saturated carbocycles. The highest BCUT2D eigenvalue weighted by Gasteiger charge is 2.35. The largest absolute Gasteiger partial charge is 0.444 e. The summed E-state index contributed by atoms with van der Waals surface area (Å²) in [6.45, 7) is 5.59. The second kappa shape index (κ2) is 5.58. The molecule has 1 amide bonds. The molecule has 0 spiro atoms. The zero-order valence-corrected chi connectivity index (χ0v) is 12.3. The second-order valence-electron chi connectivity index (χ2n) is 6.10. The van der Waals surface area contributed by atoms with Gasteiger partial charge in [0.1, 0.15) is 5.60 Å². The molecule has 0 aliphatic carbocycles. The summed E-state index contributed by atoms with van der Waals surface area (Å²) in [5.74, 6) is -3.99. The maximum absolute atomic E-state index is 13.9. The fourth-order valence-corrected chi connectivity index (χ4v) is 2.43. The number of carbonyl (C=O) groups excluding carboxylic acids is 1. The summed E-state index contributed by atoms with van der Waals surface area (Å²) >= 11 is 0. The van der Waals surface area contributed by atoms with Crippen molar-refractivity contribution in [3.05, 3.63) is 35.1 Å². The van der Waals surface area contributed by atoms with E-state index < -0.39 is 35.2 Å². The van der Waals surface area contributed by atoms with Gasteiger partial charge in [-0.25, -0.2) is 18.0 Å². The summed E-state index contributed by atoms with van der Waals surface area (Å²) in [7, 11) is 0. The summed E-state index contributed by atoms with van der Waals surface area (Å²) < 4.78 is 45.5. The molecule has 0 radical (unpaired) electrons. The van der Waals surface area contributed by atoms with Crippen LogP contribution in [-0.2, 0) is 4.74 Å². The van der Waals surface area contributed by atoms with Crippen LogP contribution in [0.5, 0.6) is 0 Å². The predicted molar refractivity (Wildman–Crippen MR) is 71.2 cm³/mol. The van der Waals surface area contributed by atoms with E-state index in [1.165, 1.54) is 11.0 Å². The third-order valence-corrected chi connectivity index (χ3v) is 3.30. The molecule has 1 atom stereocenters. The number of hydrogen-bond acceptors (Lipinski definition) is 2. The van der Waals surface area contributed by atoms with Crippen molar-refractivity contribution in [1.82, 2.24) is 4.90 Å². The van der Waals surface area contributed by atoms with E-state index >= 15 is 0 Å². The SMILES string of the molecule is CC(C)(C)OC(=O)N1CCCC1c1ccc(F)c(F)c1F. The van der Waals surface area contributed by atoms with Gasteiger partial charge >= 0.3 is 6.09 Å². The Morgan fingerprint density at radius 1 is 1.24 bits per heavy atom. The fourth-order valence-electron chi connectivity index (χ4n) is 2.43. The Kier molecular flexibility index (Phi) is 4.16. The van der Waals surface area contributed by atoms with E-state index in [4.69, 9.17) is 4.74 Å². The smallest absolute Gasteiger partial charge is 0.410 e. The van der Waals surface area contributed by atoms with Crippen LogP contribution in [0.4, 0.5) is 18.0 Å². The normalized spacial score (nSPS) is 19.0. The van der Waals surface area contributed by atoms with Crippen LogP contribution in [0, 0.1) is 17.5 Å². The minimum absolute atomic E-state index is 0.0164. The van der Waals surface area contributed by atoms with Gasteiger partial charge < -0.3 is 9.64 Å². The lowest BCUT2D eigenvalue weighted by Crippen LogP contribution is -2.36. The van der Waals surface area contributed by atoms with Gasteiger partial charge in [-0.15, -0.1) is 0 Å². The molecule has 21 heavy (non-hydrogen) atoms. The Balaban J connectivity index is 2.27. The molecule has 1 fully saturated rings. The molecule has 1 saturated heterocycles. The van der Waals surface area contributed by atoms with Gasteiger partial charge in [-0.3, -0.25) is 0 Å². The van der Waals surface area contributed by atoms with E-state index in [1.54, 1.807) is 20.8 Å². The lowest BCUT2D eigenvalue weighted by molar-refractivity contribution is 0.0222. The van der Waals surface area contributed by atoms with E-state index in [2.05, 4.69) is 0 Å². The van der Waals surface area contributed by atoms with Crippen LogP contribution >= 0.6 is 0 Å². The van der Waals surface area contributed by atoms with Crippen LogP contribution in [0.15, 0.2) is 12.1 Å². The van der Waals surface area contributed by atoms with Crippen molar-refractivity contribution in [2.24, 2.45) is 0 Å². The Hall–Kier alpha value is -1.72. The van der Waals surface area contributed by atoms with Crippen LogP contribution in [0.2, 0.25) is 0 Å². The van der Waals surface area contributed by atoms with E-state index in [1.807, 2.05) is 0 Å². The van der Waals surface area contributed by atoms with Crippen molar-refractivity contribution in [2.75, 3.05) is 6.54 Å². The molecule has 1 aromatic rings. The Bertz CT molecular complexity index is 555. The third kappa shape index (κ3) is 3.31. The van der Waals surface area contributed by atoms with E-state index in [0.717, 1.165) is 6.07 Å². The topological polar surface area (TPSA) is 29.5 Å². The first kappa shape index (κ1) is 15.7. The first-order valence-electron chi connectivity index (χ1n) is 6.83. The molecule has 116 valence electrons. The number of amides is 1. The molecule has 1 unspecified atom stereocenters. The van der Waals surface area contributed by atoms with Crippen molar-refractivity contribution in [2.45, 2.75) is 45.3 Å². The molecule has 1 heterocycles. The number of nitrogens with zero attached hydrogens (tertiary/aromatic N) is 1. The number of benzene rings is 1. The van der Waals surface area contributed by atoms with Gasteiger partial charge in [0.05, 0.1) is 6.04 Å². The van der Waals surface area contributed by atoms with Crippen molar-refractivity contribution < 1.29 is 22.7 Å². The summed E-state index contributed by atoms with van der Waals surface area (Å²) in [5, 5.41) is 0. The lowest BCUT2D eigenvalue weighted by atomic mass is 10.0. The summed E-state index contributed by atoms with van der Waals surface area (Å²) in [5.41, 5.74) is -0.686. The predicted octanol–water partition coefficient (Wildman–Crippen LogP) is 4.18. The van der Waals surface area contributed by atoms with E-state index in [0.29, 0.717) is 19.4 Å². The van der Waals surface area contributed by atoms with Gasteiger partial charge in [-0.05, 0) is 39.7 Å². The zero-order valence-electron chi connectivity index (χ0n) is 12.3. The molecule has 1 aliphatic heterocycles. The molecule has 3 nitrogen and oxygen atoms in total. The monoisotopic (exact) mass is 301 g/mol. The minimum Gasteiger partial charge on any atom is -0.444 e. The number of halogens is 3. The summed E-state index contributed by atoms with van der Waals surface area (Å²) in [6.07, 6.45) is 0.568. The van der Waals surface area contributed by atoms with Crippen molar-refractivity contribution in [3.63, 3.8) is 0 Å². The van der Waals surface area contributed by atoms with Crippen LogP contribution < -0.4 is 0 Å². The highest BCUT2D eigenvalue weighted by atomic mass is 19.2. The van der Waals surface area contributed by atoms with Crippen LogP contribution in [-0.4, -0.2) is 23.1 Å². The first-order chi connectivity index (χ1) is 9.70. The highest BCUT2D eigenvalue weighted by Crippen LogP contribution is 2.35. The van der Waals surface area contributed by atoms with Gasteiger partial charge in [-0.1, -0.05) is 6.07 Å². The van der Waals surface area contributed by atoms with Gasteiger partial charge in [0.2, 0.25) is 0 Å². The molecule has 0 bridgehead atoms. The molecule has 6 heteroatoms. The number of rotatable bonds is 1. The summed E-state index contributed by atoms with van der Waals surface area (Å²) in [6, 6.07) is 1.43. The van der Waals surface area contributed by atoms with Crippen molar-refractivity contribution >= 4 is 6.09 Å². The van der Waals surface area contributed by atoms with Crippen LogP contribution in [0.1, 0.15) is 45.2 Å². The first-order valence-corrected chi connectivity index (χ1v) is 6.83. The van der Waals surface area contributed by atoms with Crippen molar-refractivity contribution in [1.29, 1.82) is 0 Å². The average molecular weight is 301 g/mol. The van der Waals surface area contributed by atoms with Crippen molar-refractivity contribution in [3.8, 4) is 0 Å². The highest BCUT2D eigenvalue weighted by molar-refractivity contribution is 5.69. The standard InChI is InChI=1S/C15H18F3NO2/c1-15(2,3)21-14(20)19-8-4-5-11(19)9-6-7-10(16)13(18)12(9)17/h6-7,11H,4-5,8H2,1-3H3. The molecular weight excluding hydrogens is 283 g/mol. The van der Waals surface area contributed by atoms with Crippen LogP contribution in [0.25, 0.3) is 0 Å². The minimum atomic E-state index is -1.51. The van der Waals surface area contributed by atoms with Gasteiger partial charge in [0.15, 0.2) is 17.5 Å². The Morgan fingerprint density at radius 3 is 2.52 bits per heavy atom. The maximum Gasteiger partial charge on any atom is 0.410 e. The molecule has 1 aromatic carbocycles. The summed E-state index contributed by atoms with van der Waals surface area (Å²) in [4.78, 5) is 13.5. The number of carbonyl (C=O) groups is 1. The van der Waals surface area contributed by atoms with Gasteiger partial charge in [0.25, 0.3) is 0 Å². The quantitative estimate of drug-likeness (QED) is 0.728. The van der Waals surface area contributed by atoms with Gasteiger partial charge in [0, 0.05) is 12.1 Å².